The summed E-state index contributed by atoms with van der Waals surface area (Å²) < 4.78 is 6.02. The number of fused-ring (bicyclic) bond motifs is 6. The summed E-state index contributed by atoms with van der Waals surface area (Å²) in [5.41, 5.74) is 10.6. The lowest BCUT2D eigenvalue weighted by Crippen LogP contribution is -1.90. The molecule has 8 rings (SSSR count). The van der Waals surface area contributed by atoms with Crippen molar-refractivity contribution in [2.45, 2.75) is 0 Å². The van der Waals surface area contributed by atoms with Gasteiger partial charge in [0, 0.05) is 39.5 Å². The lowest BCUT2D eigenvalue weighted by molar-refractivity contribution is 0.669. The first-order valence-electron chi connectivity index (χ1n) is 13.1. The highest BCUT2D eigenvalue weighted by Crippen LogP contribution is 2.36. The molecule has 0 fully saturated rings. The first kappa shape index (κ1) is 21.8. The van der Waals surface area contributed by atoms with E-state index in [1.165, 1.54) is 11.1 Å². The predicted molar refractivity (Wildman–Crippen MR) is 161 cm³/mol. The molecule has 0 aliphatic rings. The maximum absolute atomic E-state index is 6.02. The summed E-state index contributed by atoms with van der Waals surface area (Å²) in [5, 5.41) is 4.47. The van der Waals surface area contributed by atoms with Crippen molar-refractivity contribution in [3.8, 4) is 33.4 Å². The Kier molecular flexibility index (Phi) is 4.82. The average molecular weight is 499 g/mol. The second-order valence-corrected chi connectivity index (χ2v) is 9.87. The second kappa shape index (κ2) is 8.64. The van der Waals surface area contributed by atoms with Gasteiger partial charge in [0.25, 0.3) is 0 Å². The standard InChI is InChI=1S/C36H22N2O/c1-2-7-23(8-3-1)28-19-27-21-31(30-10-6-18-37-36(30)35(27)38-22-28)25-14-12-24(13-15-25)26-16-17-34-32(20-26)29-9-4-5-11-33(29)39-34/h1-22H. The zero-order valence-electron chi connectivity index (χ0n) is 21.0. The zero-order valence-corrected chi connectivity index (χ0v) is 21.0. The molecule has 3 nitrogen and oxygen atoms in total. The van der Waals surface area contributed by atoms with E-state index in [0.717, 1.165) is 66.0 Å². The third-order valence-corrected chi connectivity index (χ3v) is 7.55. The summed E-state index contributed by atoms with van der Waals surface area (Å²) in [4.78, 5) is 9.59. The number of furan rings is 1. The van der Waals surface area contributed by atoms with Gasteiger partial charge in [-0.15, -0.1) is 0 Å². The number of hydrogen-bond donors (Lipinski definition) is 0. The smallest absolute Gasteiger partial charge is 0.135 e. The van der Waals surface area contributed by atoms with Crippen LogP contribution in [0, 0.1) is 0 Å². The Morgan fingerprint density at radius 3 is 2.05 bits per heavy atom. The van der Waals surface area contributed by atoms with E-state index in [0.29, 0.717) is 0 Å². The fourth-order valence-electron chi connectivity index (χ4n) is 5.61. The largest absolute Gasteiger partial charge is 0.456 e. The molecule has 0 amide bonds. The molecular formula is C36H22N2O. The van der Waals surface area contributed by atoms with E-state index in [9.17, 15) is 0 Å². The number of aromatic nitrogens is 2. The monoisotopic (exact) mass is 498 g/mol. The van der Waals surface area contributed by atoms with Crippen molar-refractivity contribution >= 4 is 43.7 Å². The molecule has 3 heteroatoms. The van der Waals surface area contributed by atoms with Crippen molar-refractivity contribution in [1.82, 2.24) is 9.97 Å². The van der Waals surface area contributed by atoms with Crippen molar-refractivity contribution in [3.05, 3.63) is 134 Å². The van der Waals surface area contributed by atoms with Crippen LogP contribution in [0.4, 0.5) is 0 Å². The minimum absolute atomic E-state index is 0.912. The van der Waals surface area contributed by atoms with E-state index in [2.05, 4.69) is 97.1 Å². The topological polar surface area (TPSA) is 38.9 Å². The highest BCUT2D eigenvalue weighted by Gasteiger charge is 2.13. The van der Waals surface area contributed by atoms with Crippen molar-refractivity contribution in [3.63, 3.8) is 0 Å². The van der Waals surface area contributed by atoms with Gasteiger partial charge in [-0.05, 0) is 64.2 Å². The lowest BCUT2D eigenvalue weighted by atomic mass is 9.94. The Labute approximate surface area is 225 Å². The summed E-state index contributed by atoms with van der Waals surface area (Å²) in [7, 11) is 0. The molecule has 0 spiro atoms. The van der Waals surface area contributed by atoms with Crippen LogP contribution in [0.5, 0.6) is 0 Å². The van der Waals surface area contributed by atoms with Crippen LogP contribution in [0.15, 0.2) is 138 Å². The third kappa shape index (κ3) is 3.59. The van der Waals surface area contributed by atoms with E-state index in [1.807, 2.05) is 36.7 Å². The third-order valence-electron chi connectivity index (χ3n) is 7.55. The Morgan fingerprint density at radius 2 is 1.15 bits per heavy atom. The molecule has 0 N–H and O–H groups in total. The summed E-state index contributed by atoms with van der Waals surface area (Å²) in [5.74, 6) is 0. The minimum Gasteiger partial charge on any atom is -0.456 e. The number of para-hydroxylation sites is 1. The summed E-state index contributed by atoms with van der Waals surface area (Å²) >= 11 is 0. The molecule has 0 unspecified atom stereocenters. The van der Waals surface area contributed by atoms with E-state index >= 15 is 0 Å². The van der Waals surface area contributed by atoms with E-state index in [4.69, 9.17) is 14.4 Å². The van der Waals surface area contributed by atoms with Gasteiger partial charge in [0.15, 0.2) is 0 Å². The van der Waals surface area contributed by atoms with Crippen LogP contribution >= 0.6 is 0 Å². The number of pyridine rings is 2. The van der Waals surface area contributed by atoms with Crippen molar-refractivity contribution in [1.29, 1.82) is 0 Å². The van der Waals surface area contributed by atoms with Crippen molar-refractivity contribution in [2.75, 3.05) is 0 Å². The van der Waals surface area contributed by atoms with Crippen LogP contribution in [0.2, 0.25) is 0 Å². The summed E-state index contributed by atoms with van der Waals surface area (Å²) in [6.45, 7) is 0. The van der Waals surface area contributed by atoms with Crippen LogP contribution < -0.4 is 0 Å². The molecule has 3 heterocycles. The highest BCUT2D eigenvalue weighted by molar-refractivity contribution is 6.11. The predicted octanol–water partition coefficient (Wildman–Crippen LogP) is 9.68. The van der Waals surface area contributed by atoms with Gasteiger partial charge >= 0.3 is 0 Å². The first-order valence-corrected chi connectivity index (χ1v) is 13.1. The molecule has 0 bridgehead atoms. The van der Waals surface area contributed by atoms with Crippen LogP contribution in [-0.4, -0.2) is 9.97 Å². The molecule has 5 aromatic carbocycles. The fourth-order valence-corrected chi connectivity index (χ4v) is 5.61. The second-order valence-electron chi connectivity index (χ2n) is 9.87. The van der Waals surface area contributed by atoms with Gasteiger partial charge in [0.2, 0.25) is 0 Å². The molecule has 39 heavy (non-hydrogen) atoms. The number of benzene rings is 5. The van der Waals surface area contributed by atoms with E-state index in [-0.39, 0.29) is 0 Å². The molecular weight excluding hydrogens is 476 g/mol. The van der Waals surface area contributed by atoms with Gasteiger partial charge in [-0.3, -0.25) is 9.97 Å². The zero-order chi connectivity index (χ0) is 25.8. The Hall–Kier alpha value is -5.28. The highest BCUT2D eigenvalue weighted by atomic mass is 16.3. The molecule has 0 atom stereocenters. The quantitative estimate of drug-likeness (QED) is 0.228. The van der Waals surface area contributed by atoms with Gasteiger partial charge in [0.05, 0.1) is 11.0 Å². The Balaban J connectivity index is 1.25. The number of nitrogens with zero attached hydrogens (tertiary/aromatic N) is 2. The van der Waals surface area contributed by atoms with Crippen molar-refractivity contribution in [2.24, 2.45) is 0 Å². The van der Waals surface area contributed by atoms with Crippen LogP contribution in [0.25, 0.3) is 77.1 Å². The van der Waals surface area contributed by atoms with Crippen molar-refractivity contribution < 1.29 is 4.42 Å². The molecule has 8 aromatic rings. The van der Waals surface area contributed by atoms with Gasteiger partial charge < -0.3 is 4.42 Å². The maximum Gasteiger partial charge on any atom is 0.135 e. The summed E-state index contributed by atoms with van der Waals surface area (Å²) in [6.07, 6.45) is 3.79. The van der Waals surface area contributed by atoms with Crippen LogP contribution in [-0.2, 0) is 0 Å². The molecule has 0 saturated heterocycles. The first-order chi connectivity index (χ1) is 19.3. The molecule has 0 saturated carbocycles. The SMILES string of the molecule is c1ccc(-c2cnc3c(c2)cc(-c2ccc(-c4ccc5oc6ccccc6c5c4)cc2)c2cccnc23)cc1. The molecule has 3 aromatic heterocycles. The van der Waals surface area contributed by atoms with Gasteiger partial charge in [0.1, 0.15) is 11.2 Å². The van der Waals surface area contributed by atoms with Crippen LogP contribution in [0.1, 0.15) is 0 Å². The average Bonchev–Trinajstić information content (AvgIpc) is 3.39. The maximum atomic E-state index is 6.02. The molecule has 0 aliphatic carbocycles. The minimum atomic E-state index is 0.912. The van der Waals surface area contributed by atoms with Gasteiger partial charge in [-0.1, -0.05) is 84.9 Å². The number of hydrogen-bond acceptors (Lipinski definition) is 3. The fraction of sp³-hybridized carbons (Fsp3) is 0. The van der Waals surface area contributed by atoms with Gasteiger partial charge in [-0.2, -0.15) is 0 Å². The molecule has 0 radical (unpaired) electrons. The van der Waals surface area contributed by atoms with E-state index < -0.39 is 0 Å². The van der Waals surface area contributed by atoms with Crippen LogP contribution in [0.3, 0.4) is 0 Å². The number of rotatable bonds is 3. The van der Waals surface area contributed by atoms with E-state index in [1.54, 1.807) is 0 Å². The Morgan fingerprint density at radius 1 is 0.436 bits per heavy atom. The summed E-state index contributed by atoms with van der Waals surface area (Å²) in [6, 6.07) is 42.4. The molecule has 182 valence electrons. The molecule has 0 aliphatic heterocycles. The Bertz CT molecular complexity index is 2160. The normalized spacial score (nSPS) is 11.6. The lowest BCUT2D eigenvalue weighted by Gasteiger charge is -2.12. The van der Waals surface area contributed by atoms with Gasteiger partial charge in [-0.25, -0.2) is 0 Å².